The molecule has 0 heterocycles. The van der Waals surface area contributed by atoms with Gasteiger partial charge in [0.15, 0.2) is 0 Å². The number of halogens is 4. The first-order valence-corrected chi connectivity index (χ1v) is 7.49. The quantitative estimate of drug-likeness (QED) is 0.360. The molecule has 0 nitrogen and oxygen atoms in total. The molecule has 1 aliphatic carbocycles. The van der Waals surface area contributed by atoms with E-state index in [-0.39, 0.29) is 0 Å². The molecule has 0 N–H and O–H groups in total. The summed E-state index contributed by atoms with van der Waals surface area (Å²) in [5, 5.41) is 1.30. The van der Waals surface area contributed by atoms with E-state index in [1.165, 1.54) is 23.8 Å². The summed E-state index contributed by atoms with van der Waals surface area (Å²) in [6.45, 7) is 0. The molecule has 2 aromatic rings. The number of benzene rings is 2. The summed E-state index contributed by atoms with van der Waals surface area (Å²) in [5.41, 5.74) is 4.83. The first kappa shape index (κ1) is 11.6. The van der Waals surface area contributed by atoms with Crippen LogP contribution in [0.3, 0.4) is 0 Å². The van der Waals surface area contributed by atoms with Gasteiger partial charge >= 0.3 is 0 Å². The van der Waals surface area contributed by atoms with Crippen molar-refractivity contribution in [1.82, 2.24) is 0 Å². The van der Waals surface area contributed by atoms with E-state index in [2.05, 4.69) is 57.3 Å². The van der Waals surface area contributed by atoms with Gasteiger partial charge in [0.25, 0.3) is 0 Å². The summed E-state index contributed by atoms with van der Waals surface area (Å²) in [4.78, 5) is 0. The highest BCUT2D eigenvalue weighted by Crippen LogP contribution is 2.54. The summed E-state index contributed by atoms with van der Waals surface area (Å²) in [6, 6.07) is 8.17. The maximum Gasteiger partial charge on any atom is 0.0677 e. The maximum atomic E-state index is 6.25. The highest BCUT2D eigenvalue weighted by Gasteiger charge is 2.29. The zero-order chi connectivity index (χ0) is 11.4. The summed E-state index contributed by atoms with van der Waals surface area (Å²) in [5.74, 6) is 0. The van der Waals surface area contributed by atoms with Gasteiger partial charge in [-0.1, -0.05) is 35.3 Å². The van der Waals surface area contributed by atoms with E-state index in [0.29, 0.717) is 10.0 Å². The molecule has 2 aromatic carbocycles. The molecule has 0 saturated carbocycles. The van der Waals surface area contributed by atoms with Crippen molar-refractivity contribution in [2.24, 2.45) is 0 Å². The van der Waals surface area contributed by atoms with E-state index in [1.807, 2.05) is 12.1 Å². The Morgan fingerprint density at radius 2 is 1.44 bits per heavy atom. The highest BCUT2D eigenvalue weighted by molar-refractivity contribution is 14.1. The van der Waals surface area contributed by atoms with Crippen molar-refractivity contribution in [1.29, 1.82) is 0 Å². The van der Waals surface area contributed by atoms with Crippen LogP contribution in [-0.2, 0) is 0 Å². The van der Waals surface area contributed by atoms with Crippen molar-refractivity contribution >= 4 is 68.4 Å². The van der Waals surface area contributed by atoms with Crippen molar-refractivity contribution in [3.63, 3.8) is 0 Å². The van der Waals surface area contributed by atoms with Crippen molar-refractivity contribution < 1.29 is 0 Å². The fourth-order valence-electron chi connectivity index (χ4n) is 1.98. The fourth-order valence-corrected chi connectivity index (χ4v) is 3.58. The fraction of sp³-hybridized carbons (Fsp3) is 0. The van der Waals surface area contributed by atoms with Gasteiger partial charge in [-0.2, -0.15) is 0 Å². The average Bonchev–Trinajstić information content (AvgIpc) is 2.23. The monoisotopic (exact) mass is 472 g/mol. The third-order valence-corrected chi connectivity index (χ3v) is 6.59. The number of rotatable bonds is 0. The van der Waals surface area contributed by atoms with E-state index in [4.69, 9.17) is 23.2 Å². The lowest BCUT2D eigenvalue weighted by atomic mass is 9.81. The SMILES string of the molecule is Clc1ccc2c(c1Cl)-c1c-2ccc(I)c1I. The Hall–Kier alpha value is 0.480. The highest BCUT2D eigenvalue weighted by atomic mass is 127. The second-order valence-corrected chi connectivity index (χ2v) is 6.59. The van der Waals surface area contributed by atoms with Gasteiger partial charge in [-0.3, -0.25) is 0 Å². The van der Waals surface area contributed by atoms with Gasteiger partial charge in [0, 0.05) is 18.3 Å². The maximum absolute atomic E-state index is 6.25. The molecular weight excluding hydrogens is 469 g/mol. The van der Waals surface area contributed by atoms with Crippen LogP contribution in [0.25, 0.3) is 22.3 Å². The number of hydrogen-bond acceptors (Lipinski definition) is 0. The van der Waals surface area contributed by atoms with Crippen LogP contribution in [-0.4, -0.2) is 0 Å². The van der Waals surface area contributed by atoms with Gasteiger partial charge in [-0.15, -0.1) is 0 Å². The van der Waals surface area contributed by atoms with Crippen LogP contribution < -0.4 is 0 Å². The lowest BCUT2D eigenvalue weighted by Crippen LogP contribution is -2.03. The number of fused-ring (bicyclic) bond motifs is 4. The second-order valence-electron chi connectivity index (χ2n) is 3.57. The molecule has 0 atom stereocenters. The van der Waals surface area contributed by atoms with Crippen LogP contribution in [0.4, 0.5) is 0 Å². The average molecular weight is 473 g/mol. The summed E-state index contributed by atoms with van der Waals surface area (Å²) in [7, 11) is 0. The molecule has 0 radical (unpaired) electrons. The van der Waals surface area contributed by atoms with E-state index < -0.39 is 0 Å². The Kier molecular flexibility index (Phi) is 2.89. The van der Waals surface area contributed by atoms with Crippen LogP contribution >= 0.6 is 68.4 Å². The molecule has 0 unspecified atom stereocenters. The molecule has 1 aliphatic rings. The van der Waals surface area contributed by atoms with Gasteiger partial charge in [-0.05, 0) is 68.4 Å². The minimum Gasteiger partial charge on any atom is -0.0827 e. The lowest BCUT2D eigenvalue weighted by molar-refractivity contribution is 1.47. The summed E-state index contributed by atoms with van der Waals surface area (Å²) < 4.78 is 2.51. The third-order valence-electron chi connectivity index (χ3n) is 2.73. The molecule has 0 saturated heterocycles. The Balaban J connectivity index is 2.36. The van der Waals surface area contributed by atoms with E-state index in [0.717, 1.165) is 5.56 Å². The van der Waals surface area contributed by atoms with Crippen LogP contribution in [0.1, 0.15) is 0 Å². The first-order valence-electron chi connectivity index (χ1n) is 4.58. The Morgan fingerprint density at radius 3 is 2.19 bits per heavy atom. The molecule has 0 amide bonds. The molecule has 0 fully saturated rings. The van der Waals surface area contributed by atoms with Gasteiger partial charge in [0.05, 0.1) is 10.0 Å². The molecule has 16 heavy (non-hydrogen) atoms. The molecule has 3 rings (SSSR count). The van der Waals surface area contributed by atoms with Crippen LogP contribution in [0.15, 0.2) is 24.3 Å². The molecule has 4 heteroatoms. The normalized spacial score (nSPS) is 11.8. The lowest BCUT2D eigenvalue weighted by Gasteiger charge is -2.27. The van der Waals surface area contributed by atoms with Crippen molar-refractivity contribution in [2.75, 3.05) is 0 Å². The smallest absolute Gasteiger partial charge is 0.0677 e. The van der Waals surface area contributed by atoms with Gasteiger partial charge in [-0.25, -0.2) is 0 Å². The summed E-state index contributed by atoms with van der Waals surface area (Å²) >= 11 is 17.0. The van der Waals surface area contributed by atoms with Gasteiger partial charge in [0.1, 0.15) is 0 Å². The first-order chi connectivity index (χ1) is 7.61. The molecular formula is C12H4Cl2I2. The van der Waals surface area contributed by atoms with E-state index >= 15 is 0 Å². The topological polar surface area (TPSA) is 0 Å². The molecule has 0 aliphatic heterocycles. The van der Waals surface area contributed by atoms with E-state index in [9.17, 15) is 0 Å². The predicted molar refractivity (Wildman–Crippen MR) is 86.3 cm³/mol. The predicted octanol–water partition coefficient (Wildman–Crippen LogP) is 5.85. The van der Waals surface area contributed by atoms with Gasteiger partial charge in [0.2, 0.25) is 0 Å². The molecule has 0 bridgehead atoms. The standard InChI is InChI=1S/C12H4Cl2I2/c13-7-3-1-5-6-2-4-8(15)12(16)10(6)9(5)11(7)14/h1-4H. The van der Waals surface area contributed by atoms with Crippen molar-refractivity contribution in [3.8, 4) is 22.3 Å². The molecule has 0 aromatic heterocycles. The largest absolute Gasteiger partial charge is 0.0827 e. The third kappa shape index (κ3) is 1.46. The Morgan fingerprint density at radius 1 is 0.812 bits per heavy atom. The van der Waals surface area contributed by atoms with Gasteiger partial charge < -0.3 is 0 Å². The van der Waals surface area contributed by atoms with Crippen LogP contribution in [0.5, 0.6) is 0 Å². The zero-order valence-corrected chi connectivity index (χ0v) is 13.6. The summed E-state index contributed by atoms with van der Waals surface area (Å²) in [6.07, 6.45) is 0. The minimum absolute atomic E-state index is 0.626. The van der Waals surface area contributed by atoms with Crippen molar-refractivity contribution in [3.05, 3.63) is 41.5 Å². The van der Waals surface area contributed by atoms with Crippen LogP contribution in [0.2, 0.25) is 10.0 Å². The van der Waals surface area contributed by atoms with E-state index in [1.54, 1.807) is 0 Å². The Bertz CT molecular complexity index is 565. The minimum atomic E-state index is 0.626. The Labute approximate surface area is 131 Å². The molecule has 0 spiro atoms. The number of hydrogen-bond donors (Lipinski definition) is 0. The molecule has 80 valence electrons. The second kappa shape index (κ2) is 4.00. The zero-order valence-electron chi connectivity index (χ0n) is 7.82. The van der Waals surface area contributed by atoms with Crippen molar-refractivity contribution in [2.45, 2.75) is 0 Å². The van der Waals surface area contributed by atoms with Crippen LogP contribution in [0, 0.1) is 7.14 Å².